The van der Waals surface area contributed by atoms with Gasteiger partial charge >= 0.3 is 5.97 Å². The smallest absolute Gasteiger partial charge is 0.333 e. The first kappa shape index (κ1) is 16.7. The summed E-state index contributed by atoms with van der Waals surface area (Å²) >= 11 is 0. The molecule has 0 heterocycles. The van der Waals surface area contributed by atoms with Gasteiger partial charge in [-0.25, -0.2) is 4.79 Å². The summed E-state index contributed by atoms with van der Waals surface area (Å²) in [6.45, 7) is 16.0. The molecule has 0 aliphatic heterocycles. The van der Waals surface area contributed by atoms with Gasteiger partial charge in [-0.1, -0.05) is 68.8 Å². The number of benzene rings is 1. The van der Waals surface area contributed by atoms with Gasteiger partial charge in [0.1, 0.15) is 6.61 Å². The minimum atomic E-state index is -0.366. The maximum atomic E-state index is 10.5. The van der Waals surface area contributed by atoms with Crippen molar-refractivity contribution < 1.29 is 9.53 Å². The number of rotatable bonds is 5. The van der Waals surface area contributed by atoms with Gasteiger partial charge in [-0.2, -0.15) is 0 Å². The van der Waals surface area contributed by atoms with Gasteiger partial charge < -0.3 is 4.74 Å². The maximum absolute atomic E-state index is 10.5. The quantitative estimate of drug-likeness (QED) is 0.447. The molecule has 0 unspecified atom stereocenters. The molecule has 0 N–H and O–H groups in total. The number of hydrogen-bond donors (Lipinski definition) is 0. The molecule has 0 aliphatic rings. The summed E-state index contributed by atoms with van der Waals surface area (Å²) in [6, 6.07) is 8.02. The largest absolute Gasteiger partial charge is 0.458 e. The number of hydrogen-bond acceptors (Lipinski definition) is 2. The van der Waals surface area contributed by atoms with Crippen LogP contribution in [0.3, 0.4) is 0 Å². The number of carbonyl (C=O) groups is 1. The molecule has 0 bridgehead atoms. The Morgan fingerprint density at radius 1 is 1.16 bits per heavy atom. The summed E-state index contributed by atoms with van der Waals surface area (Å²) in [5.74, 6) is -0.366. The van der Waals surface area contributed by atoms with Gasteiger partial charge in [0, 0.05) is 5.57 Å². The molecule has 0 amide bonds. The van der Waals surface area contributed by atoms with E-state index in [9.17, 15) is 4.79 Å². The first-order valence-corrected chi connectivity index (χ1v) is 5.84. The average molecular weight is 256 g/mol. The lowest BCUT2D eigenvalue weighted by Crippen LogP contribution is -2.03. The van der Waals surface area contributed by atoms with Crippen LogP contribution >= 0.6 is 0 Å². The minimum Gasteiger partial charge on any atom is -0.458 e. The Balaban J connectivity index is 0.000000344. The molecule has 0 saturated heterocycles. The first-order valence-electron chi connectivity index (χ1n) is 5.84. The molecular weight excluding hydrogens is 236 g/mol. The van der Waals surface area contributed by atoms with E-state index in [-0.39, 0.29) is 12.6 Å². The fraction of sp³-hybridized carbons (Fsp3) is 0.118. The highest BCUT2D eigenvalue weighted by molar-refractivity contribution is 5.86. The van der Waals surface area contributed by atoms with Crippen molar-refractivity contribution >= 4 is 18.1 Å². The maximum Gasteiger partial charge on any atom is 0.333 e. The highest BCUT2D eigenvalue weighted by atomic mass is 16.5. The van der Waals surface area contributed by atoms with E-state index in [2.05, 4.69) is 31.1 Å². The van der Waals surface area contributed by atoms with Crippen LogP contribution in [0.2, 0.25) is 0 Å². The zero-order valence-corrected chi connectivity index (χ0v) is 11.4. The monoisotopic (exact) mass is 256 g/mol. The Kier molecular flexibility index (Phi) is 8.46. The Bertz CT molecular complexity index is 443. The number of carbonyl (C=O) groups excluding carboxylic acids is 1. The summed E-state index contributed by atoms with van der Waals surface area (Å²) in [5.41, 5.74) is 2.69. The van der Waals surface area contributed by atoms with Crippen LogP contribution in [0.1, 0.15) is 18.1 Å². The third-order valence-electron chi connectivity index (χ3n) is 2.12. The lowest BCUT2D eigenvalue weighted by atomic mass is 10.1. The van der Waals surface area contributed by atoms with Gasteiger partial charge in [-0.3, -0.25) is 0 Å². The third-order valence-corrected chi connectivity index (χ3v) is 2.12. The van der Waals surface area contributed by atoms with Crippen molar-refractivity contribution in [2.24, 2.45) is 0 Å². The molecule has 0 aliphatic carbocycles. The molecule has 2 nitrogen and oxygen atoms in total. The van der Waals surface area contributed by atoms with Crippen molar-refractivity contribution in [1.29, 1.82) is 0 Å². The van der Waals surface area contributed by atoms with Gasteiger partial charge in [-0.05, 0) is 18.1 Å². The van der Waals surface area contributed by atoms with E-state index >= 15 is 0 Å². The van der Waals surface area contributed by atoms with Crippen molar-refractivity contribution in [2.45, 2.75) is 6.92 Å². The molecule has 19 heavy (non-hydrogen) atoms. The normalized spacial score (nSPS) is 8.47. The van der Waals surface area contributed by atoms with Crippen LogP contribution in [-0.4, -0.2) is 12.6 Å². The SMILES string of the molecule is C=CCOC(=O)C(=C)C.C=Cc1ccccc1C=C. The van der Waals surface area contributed by atoms with Crippen molar-refractivity contribution in [1.82, 2.24) is 0 Å². The molecule has 100 valence electrons. The summed E-state index contributed by atoms with van der Waals surface area (Å²) in [6.07, 6.45) is 5.18. The molecule has 0 saturated carbocycles. The van der Waals surface area contributed by atoms with Crippen molar-refractivity contribution in [2.75, 3.05) is 6.61 Å². The second kappa shape index (κ2) is 9.66. The summed E-state index contributed by atoms with van der Waals surface area (Å²) in [4.78, 5) is 10.5. The highest BCUT2D eigenvalue weighted by Crippen LogP contribution is 2.10. The average Bonchev–Trinajstić information content (AvgIpc) is 2.45. The zero-order valence-electron chi connectivity index (χ0n) is 11.4. The molecule has 0 radical (unpaired) electrons. The Hall–Kier alpha value is -2.35. The van der Waals surface area contributed by atoms with Gasteiger partial charge in [0.05, 0.1) is 0 Å². The lowest BCUT2D eigenvalue weighted by Gasteiger charge is -1.97. The molecule has 1 aromatic carbocycles. The molecule has 0 atom stereocenters. The van der Waals surface area contributed by atoms with E-state index in [4.69, 9.17) is 0 Å². The van der Waals surface area contributed by atoms with E-state index in [1.807, 2.05) is 36.4 Å². The van der Waals surface area contributed by atoms with Crippen LogP contribution in [-0.2, 0) is 9.53 Å². The summed E-state index contributed by atoms with van der Waals surface area (Å²) < 4.78 is 4.60. The highest BCUT2D eigenvalue weighted by Gasteiger charge is 1.98. The van der Waals surface area contributed by atoms with Crippen molar-refractivity contribution in [3.05, 3.63) is 73.4 Å². The Labute approximate surface area is 115 Å². The van der Waals surface area contributed by atoms with E-state index in [0.29, 0.717) is 5.57 Å². The predicted octanol–water partition coefficient (Wildman–Crippen LogP) is 4.26. The fourth-order valence-corrected chi connectivity index (χ4v) is 1.14. The molecule has 2 heteroatoms. The molecule has 0 spiro atoms. The van der Waals surface area contributed by atoms with Gasteiger partial charge in [0.2, 0.25) is 0 Å². The van der Waals surface area contributed by atoms with E-state index in [0.717, 1.165) is 11.1 Å². The summed E-state index contributed by atoms with van der Waals surface area (Å²) in [5, 5.41) is 0. The molecule has 1 rings (SSSR count). The van der Waals surface area contributed by atoms with Crippen LogP contribution < -0.4 is 0 Å². The molecule has 0 fully saturated rings. The Morgan fingerprint density at radius 2 is 1.63 bits per heavy atom. The third kappa shape index (κ3) is 6.84. The van der Waals surface area contributed by atoms with Gasteiger partial charge in [-0.15, -0.1) is 0 Å². The number of esters is 1. The standard InChI is InChI=1S/C10H10.C7H10O2/c1-3-9-7-5-6-8-10(9)4-2;1-4-5-9-7(8)6(2)3/h3-8H,1-2H2;4H,1-2,5H2,3H3. The molecular formula is C17H20O2. The zero-order chi connectivity index (χ0) is 14.7. The van der Waals surface area contributed by atoms with E-state index < -0.39 is 0 Å². The first-order chi connectivity index (χ1) is 9.06. The fourth-order valence-electron chi connectivity index (χ4n) is 1.14. The van der Waals surface area contributed by atoms with Gasteiger partial charge in [0.15, 0.2) is 0 Å². The van der Waals surface area contributed by atoms with Crippen molar-refractivity contribution in [3.8, 4) is 0 Å². The van der Waals surface area contributed by atoms with Crippen LogP contribution in [0, 0.1) is 0 Å². The lowest BCUT2D eigenvalue weighted by molar-refractivity contribution is -0.137. The number of ether oxygens (including phenoxy) is 1. The van der Waals surface area contributed by atoms with E-state index in [1.165, 1.54) is 6.08 Å². The predicted molar refractivity (Wildman–Crippen MR) is 82.6 cm³/mol. The topological polar surface area (TPSA) is 26.3 Å². The Morgan fingerprint density at radius 3 is 1.95 bits per heavy atom. The van der Waals surface area contributed by atoms with Gasteiger partial charge in [0.25, 0.3) is 0 Å². The van der Waals surface area contributed by atoms with Crippen molar-refractivity contribution in [3.63, 3.8) is 0 Å². The minimum absolute atomic E-state index is 0.256. The molecule has 0 aromatic heterocycles. The van der Waals surface area contributed by atoms with Crippen LogP contribution in [0.5, 0.6) is 0 Å². The molecule has 1 aromatic rings. The van der Waals surface area contributed by atoms with Crippen LogP contribution in [0.4, 0.5) is 0 Å². The summed E-state index contributed by atoms with van der Waals surface area (Å²) in [7, 11) is 0. The second-order valence-corrected chi connectivity index (χ2v) is 3.70. The van der Waals surface area contributed by atoms with Crippen LogP contribution in [0.25, 0.3) is 12.2 Å². The van der Waals surface area contributed by atoms with E-state index in [1.54, 1.807) is 6.92 Å². The second-order valence-electron chi connectivity index (χ2n) is 3.70. The van der Waals surface area contributed by atoms with Crippen LogP contribution in [0.15, 0.2) is 62.2 Å².